The Kier molecular flexibility index (Phi) is 4.39. The smallest absolute Gasteiger partial charge is 0.0540 e. The largest absolute Gasteiger partial charge is 0.395 e. The highest BCUT2D eigenvalue weighted by molar-refractivity contribution is 6.17. The zero-order chi connectivity index (χ0) is 9.52. The topological polar surface area (TPSA) is 20.2 Å². The minimum absolute atomic E-state index is 0.107. The van der Waals surface area contributed by atoms with Crippen molar-refractivity contribution in [1.29, 1.82) is 0 Å². The van der Waals surface area contributed by atoms with Gasteiger partial charge in [-0.25, -0.2) is 0 Å². The summed E-state index contributed by atoms with van der Waals surface area (Å²) < 4.78 is 0. The van der Waals surface area contributed by atoms with Gasteiger partial charge in [0.1, 0.15) is 0 Å². The second-order valence-electron chi connectivity index (χ2n) is 2.57. The molecule has 1 nitrogen and oxygen atoms in total. The lowest BCUT2D eigenvalue weighted by Gasteiger charge is -1.97. The Morgan fingerprint density at radius 3 is 2.77 bits per heavy atom. The number of rotatable bonds is 2. The summed E-state index contributed by atoms with van der Waals surface area (Å²) in [6.45, 7) is 0.107. The van der Waals surface area contributed by atoms with Gasteiger partial charge in [0.25, 0.3) is 0 Å². The quantitative estimate of drug-likeness (QED) is 0.565. The van der Waals surface area contributed by atoms with Gasteiger partial charge in [-0.2, -0.15) is 0 Å². The van der Waals surface area contributed by atoms with Crippen LogP contribution in [-0.2, 0) is 5.88 Å². The molecule has 0 heterocycles. The summed E-state index contributed by atoms with van der Waals surface area (Å²) in [6.07, 6.45) is 0.511. The Balaban J connectivity index is 2.82. The van der Waals surface area contributed by atoms with Gasteiger partial charge in [0.05, 0.1) is 6.61 Å². The van der Waals surface area contributed by atoms with Gasteiger partial charge in [-0.15, -0.1) is 11.6 Å². The summed E-state index contributed by atoms with van der Waals surface area (Å²) >= 11 is 5.73. The Bertz CT molecular complexity index is 322. The second kappa shape index (κ2) is 5.64. The van der Waals surface area contributed by atoms with Crippen LogP contribution in [0.5, 0.6) is 0 Å². The fraction of sp³-hybridized carbons (Fsp3) is 0.273. The number of benzene rings is 1. The van der Waals surface area contributed by atoms with E-state index in [1.165, 1.54) is 0 Å². The first kappa shape index (κ1) is 10.1. The van der Waals surface area contributed by atoms with Crippen molar-refractivity contribution in [1.82, 2.24) is 0 Å². The van der Waals surface area contributed by atoms with Gasteiger partial charge in [0, 0.05) is 17.9 Å². The molecule has 0 bridgehead atoms. The molecular formula is C11H11ClO. The average Bonchev–Trinajstić information content (AvgIpc) is 2.19. The molecule has 0 spiro atoms. The molecule has 1 rings (SSSR count). The first-order valence-corrected chi connectivity index (χ1v) is 4.65. The predicted octanol–water partition coefficient (Wildman–Crippen LogP) is 2.16. The Morgan fingerprint density at radius 2 is 2.08 bits per heavy atom. The first-order valence-electron chi connectivity index (χ1n) is 4.12. The highest BCUT2D eigenvalue weighted by Gasteiger charge is 1.94. The molecule has 0 unspecified atom stereocenters. The monoisotopic (exact) mass is 194 g/mol. The van der Waals surface area contributed by atoms with Crippen molar-refractivity contribution >= 4 is 11.6 Å². The van der Waals surface area contributed by atoms with Gasteiger partial charge in [-0.05, 0) is 11.6 Å². The molecule has 0 saturated carbocycles. The summed E-state index contributed by atoms with van der Waals surface area (Å²) in [6, 6.07) is 7.76. The van der Waals surface area contributed by atoms with Gasteiger partial charge >= 0.3 is 0 Å². The van der Waals surface area contributed by atoms with E-state index >= 15 is 0 Å². The molecule has 0 saturated heterocycles. The first-order chi connectivity index (χ1) is 6.38. The summed E-state index contributed by atoms with van der Waals surface area (Å²) in [5, 5.41) is 8.54. The number of aliphatic hydroxyl groups excluding tert-OH is 1. The number of halogens is 1. The van der Waals surface area contributed by atoms with Gasteiger partial charge in [-0.1, -0.05) is 30.0 Å². The minimum atomic E-state index is 0.107. The van der Waals surface area contributed by atoms with E-state index in [2.05, 4.69) is 11.8 Å². The van der Waals surface area contributed by atoms with Crippen LogP contribution >= 0.6 is 11.6 Å². The molecule has 68 valence electrons. The van der Waals surface area contributed by atoms with Crippen molar-refractivity contribution < 1.29 is 5.11 Å². The normalized spacial score (nSPS) is 9.08. The maximum atomic E-state index is 8.54. The van der Waals surface area contributed by atoms with Crippen LogP contribution in [0, 0.1) is 11.8 Å². The number of aliphatic hydroxyl groups is 1. The summed E-state index contributed by atoms with van der Waals surface area (Å²) in [4.78, 5) is 0. The van der Waals surface area contributed by atoms with E-state index in [9.17, 15) is 0 Å². The summed E-state index contributed by atoms with van der Waals surface area (Å²) in [5.74, 6) is 6.31. The van der Waals surface area contributed by atoms with E-state index in [1.54, 1.807) is 0 Å². The zero-order valence-corrected chi connectivity index (χ0v) is 8.01. The molecular weight excluding hydrogens is 184 g/mol. The van der Waals surface area contributed by atoms with Crippen molar-refractivity contribution in [3.05, 3.63) is 35.4 Å². The van der Waals surface area contributed by atoms with Crippen molar-refractivity contribution in [2.75, 3.05) is 6.61 Å². The van der Waals surface area contributed by atoms with Crippen molar-refractivity contribution in [2.24, 2.45) is 0 Å². The van der Waals surface area contributed by atoms with Crippen molar-refractivity contribution in [3.63, 3.8) is 0 Å². The molecule has 1 aromatic carbocycles. The molecule has 0 fully saturated rings. The van der Waals surface area contributed by atoms with Crippen molar-refractivity contribution in [3.8, 4) is 11.8 Å². The third-order valence-electron chi connectivity index (χ3n) is 1.62. The summed E-state index contributed by atoms with van der Waals surface area (Å²) in [7, 11) is 0. The third-order valence-corrected chi connectivity index (χ3v) is 1.91. The van der Waals surface area contributed by atoms with Crippen LogP contribution in [0.4, 0.5) is 0 Å². The molecule has 0 aromatic heterocycles. The molecule has 1 N–H and O–H groups in total. The lowest BCUT2D eigenvalue weighted by Crippen LogP contribution is -1.84. The highest BCUT2D eigenvalue weighted by Crippen LogP contribution is 2.09. The predicted molar refractivity (Wildman–Crippen MR) is 54.6 cm³/mol. The molecule has 0 aliphatic carbocycles. The van der Waals surface area contributed by atoms with Crippen LogP contribution < -0.4 is 0 Å². The number of hydrogen-bond donors (Lipinski definition) is 1. The molecule has 13 heavy (non-hydrogen) atoms. The van der Waals surface area contributed by atoms with Crippen LogP contribution in [0.25, 0.3) is 0 Å². The van der Waals surface area contributed by atoms with Gasteiger partial charge in [-0.3, -0.25) is 0 Å². The molecule has 0 atom stereocenters. The van der Waals surface area contributed by atoms with E-state index in [1.807, 2.05) is 24.3 Å². The van der Waals surface area contributed by atoms with E-state index in [0.29, 0.717) is 12.3 Å². The molecule has 0 radical (unpaired) electrons. The zero-order valence-electron chi connectivity index (χ0n) is 7.26. The molecule has 2 heteroatoms. The van der Waals surface area contributed by atoms with E-state index in [4.69, 9.17) is 16.7 Å². The summed E-state index contributed by atoms with van der Waals surface area (Å²) in [5.41, 5.74) is 1.99. The Hall–Kier alpha value is -0.970. The Labute approximate surface area is 83.4 Å². The molecule has 0 aliphatic rings. The van der Waals surface area contributed by atoms with Gasteiger partial charge < -0.3 is 5.11 Å². The second-order valence-corrected chi connectivity index (χ2v) is 2.83. The standard InChI is InChI=1S/C11H11ClO/c12-9-11-7-2-1-5-10(11)6-3-4-8-13/h1-2,5,7,13H,4,8-9H2. The van der Waals surface area contributed by atoms with E-state index < -0.39 is 0 Å². The maximum absolute atomic E-state index is 8.54. The SMILES string of the molecule is OCCC#Cc1ccccc1CCl. The fourth-order valence-electron chi connectivity index (χ4n) is 0.972. The van der Waals surface area contributed by atoms with E-state index in [0.717, 1.165) is 11.1 Å². The number of alkyl halides is 1. The number of hydrogen-bond acceptors (Lipinski definition) is 1. The third kappa shape index (κ3) is 3.10. The van der Waals surface area contributed by atoms with Crippen LogP contribution in [0.2, 0.25) is 0 Å². The molecule has 0 aliphatic heterocycles. The maximum Gasteiger partial charge on any atom is 0.0540 e. The van der Waals surface area contributed by atoms with Crippen LogP contribution in [0.3, 0.4) is 0 Å². The van der Waals surface area contributed by atoms with Gasteiger partial charge in [0.15, 0.2) is 0 Å². The van der Waals surface area contributed by atoms with Crippen LogP contribution in [0.1, 0.15) is 17.5 Å². The van der Waals surface area contributed by atoms with Crippen LogP contribution in [-0.4, -0.2) is 11.7 Å². The molecule has 0 amide bonds. The van der Waals surface area contributed by atoms with Crippen molar-refractivity contribution in [2.45, 2.75) is 12.3 Å². The average molecular weight is 195 g/mol. The lowest BCUT2D eigenvalue weighted by molar-refractivity contribution is 0.305. The minimum Gasteiger partial charge on any atom is -0.395 e. The lowest BCUT2D eigenvalue weighted by atomic mass is 10.1. The van der Waals surface area contributed by atoms with Gasteiger partial charge in [0.2, 0.25) is 0 Å². The van der Waals surface area contributed by atoms with E-state index in [-0.39, 0.29) is 6.61 Å². The highest BCUT2D eigenvalue weighted by atomic mass is 35.5. The Morgan fingerprint density at radius 1 is 1.31 bits per heavy atom. The van der Waals surface area contributed by atoms with Crippen LogP contribution in [0.15, 0.2) is 24.3 Å². The fourth-order valence-corrected chi connectivity index (χ4v) is 1.21. The molecule has 1 aromatic rings.